The molecule has 1 unspecified atom stereocenters. The van der Waals surface area contributed by atoms with Gasteiger partial charge in [0.1, 0.15) is 0 Å². The van der Waals surface area contributed by atoms with Gasteiger partial charge in [-0.25, -0.2) is 4.68 Å². The van der Waals surface area contributed by atoms with Crippen molar-refractivity contribution >= 4 is 0 Å². The highest BCUT2D eigenvalue weighted by molar-refractivity contribution is 5.39. The van der Waals surface area contributed by atoms with Crippen LogP contribution in [0.2, 0.25) is 0 Å². The normalized spacial score (nSPS) is 19.5. The summed E-state index contributed by atoms with van der Waals surface area (Å²) in [5, 5.41) is 7.98. The van der Waals surface area contributed by atoms with Crippen molar-refractivity contribution in [1.29, 1.82) is 0 Å². The third-order valence-corrected chi connectivity index (χ3v) is 3.92. The van der Waals surface area contributed by atoms with Crippen molar-refractivity contribution in [3.05, 3.63) is 47.8 Å². The lowest BCUT2D eigenvalue weighted by Gasteiger charge is -2.21. The SMILES string of the molecule is Cc1ccccc1-n1cc(CC2CCCNC2)cn1. The Hall–Kier alpha value is -1.61. The van der Waals surface area contributed by atoms with E-state index in [2.05, 4.69) is 47.8 Å². The van der Waals surface area contributed by atoms with E-state index in [4.69, 9.17) is 0 Å². The van der Waals surface area contributed by atoms with E-state index in [1.165, 1.54) is 36.2 Å². The first-order chi connectivity index (χ1) is 9.33. The number of benzene rings is 1. The van der Waals surface area contributed by atoms with Crippen molar-refractivity contribution in [3.63, 3.8) is 0 Å². The minimum atomic E-state index is 0.767. The summed E-state index contributed by atoms with van der Waals surface area (Å²) in [6.45, 7) is 4.45. The lowest BCUT2D eigenvalue weighted by atomic mass is 9.94. The van der Waals surface area contributed by atoms with E-state index in [0.717, 1.165) is 18.9 Å². The van der Waals surface area contributed by atoms with Crippen LogP contribution < -0.4 is 5.32 Å². The number of nitrogens with zero attached hydrogens (tertiary/aromatic N) is 2. The number of aryl methyl sites for hydroxylation is 1. The standard InChI is InChI=1S/C16H21N3/c1-13-5-2-3-7-16(13)19-12-15(11-18-19)9-14-6-4-8-17-10-14/h2-3,5,7,11-12,14,17H,4,6,8-10H2,1H3. The Bertz CT molecular complexity index is 538. The summed E-state index contributed by atoms with van der Waals surface area (Å²) in [5.74, 6) is 0.767. The second kappa shape index (κ2) is 5.57. The third kappa shape index (κ3) is 2.87. The molecule has 0 radical (unpaired) electrons. The summed E-state index contributed by atoms with van der Waals surface area (Å²) in [5.41, 5.74) is 3.78. The largest absolute Gasteiger partial charge is 0.316 e. The van der Waals surface area contributed by atoms with Crippen molar-refractivity contribution in [2.45, 2.75) is 26.2 Å². The Balaban J connectivity index is 1.74. The Morgan fingerprint density at radius 2 is 2.26 bits per heavy atom. The first-order valence-electron chi connectivity index (χ1n) is 7.13. The maximum absolute atomic E-state index is 4.51. The number of hydrogen-bond donors (Lipinski definition) is 1. The monoisotopic (exact) mass is 255 g/mol. The van der Waals surface area contributed by atoms with Crippen LogP contribution in [0.3, 0.4) is 0 Å². The van der Waals surface area contributed by atoms with Gasteiger partial charge in [-0.2, -0.15) is 5.10 Å². The van der Waals surface area contributed by atoms with Crippen LogP contribution in [0.5, 0.6) is 0 Å². The lowest BCUT2D eigenvalue weighted by molar-refractivity contribution is 0.376. The zero-order chi connectivity index (χ0) is 13.1. The zero-order valence-electron chi connectivity index (χ0n) is 11.5. The van der Waals surface area contributed by atoms with Gasteiger partial charge in [-0.1, -0.05) is 18.2 Å². The number of nitrogens with one attached hydrogen (secondary N) is 1. The first-order valence-corrected chi connectivity index (χ1v) is 7.13. The van der Waals surface area contributed by atoms with E-state index in [9.17, 15) is 0 Å². The number of piperidine rings is 1. The van der Waals surface area contributed by atoms with Crippen LogP contribution in [0.25, 0.3) is 5.69 Å². The fourth-order valence-electron chi connectivity index (χ4n) is 2.85. The van der Waals surface area contributed by atoms with Gasteiger partial charge in [-0.05, 0) is 62.4 Å². The third-order valence-electron chi connectivity index (χ3n) is 3.92. The van der Waals surface area contributed by atoms with Crippen LogP contribution >= 0.6 is 0 Å². The summed E-state index contributed by atoms with van der Waals surface area (Å²) in [4.78, 5) is 0. The second-order valence-corrected chi connectivity index (χ2v) is 5.50. The van der Waals surface area contributed by atoms with Crippen molar-refractivity contribution in [1.82, 2.24) is 15.1 Å². The first kappa shape index (κ1) is 12.4. The number of hydrogen-bond acceptors (Lipinski definition) is 2. The van der Waals surface area contributed by atoms with Crippen molar-refractivity contribution in [2.75, 3.05) is 13.1 Å². The summed E-state index contributed by atoms with van der Waals surface area (Å²) in [6, 6.07) is 8.38. The molecular formula is C16H21N3. The molecule has 1 atom stereocenters. The average Bonchev–Trinajstić information content (AvgIpc) is 2.89. The molecule has 2 aromatic rings. The fourth-order valence-corrected chi connectivity index (χ4v) is 2.85. The molecule has 3 nitrogen and oxygen atoms in total. The van der Waals surface area contributed by atoms with Gasteiger partial charge in [0.05, 0.1) is 11.9 Å². The summed E-state index contributed by atoms with van der Waals surface area (Å²) >= 11 is 0. The van der Waals surface area contributed by atoms with E-state index in [1.54, 1.807) is 0 Å². The van der Waals surface area contributed by atoms with Gasteiger partial charge in [-0.15, -0.1) is 0 Å². The highest BCUT2D eigenvalue weighted by Crippen LogP contribution is 2.18. The predicted molar refractivity (Wildman–Crippen MR) is 77.6 cm³/mol. The molecule has 1 aliphatic rings. The summed E-state index contributed by atoms with van der Waals surface area (Å²) in [7, 11) is 0. The number of para-hydroxylation sites is 1. The van der Waals surface area contributed by atoms with Crippen molar-refractivity contribution in [2.24, 2.45) is 5.92 Å². The van der Waals surface area contributed by atoms with Crippen LogP contribution in [0.15, 0.2) is 36.7 Å². The minimum Gasteiger partial charge on any atom is -0.316 e. The molecule has 3 heteroatoms. The van der Waals surface area contributed by atoms with Gasteiger partial charge in [-0.3, -0.25) is 0 Å². The molecule has 3 rings (SSSR count). The Morgan fingerprint density at radius 3 is 3.05 bits per heavy atom. The minimum absolute atomic E-state index is 0.767. The van der Waals surface area contributed by atoms with Gasteiger partial charge >= 0.3 is 0 Å². The highest BCUT2D eigenvalue weighted by atomic mass is 15.3. The number of aromatic nitrogens is 2. The molecule has 0 saturated carbocycles. The van der Waals surface area contributed by atoms with Crippen LogP contribution in [-0.2, 0) is 6.42 Å². The van der Waals surface area contributed by atoms with Crippen LogP contribution in [0.4, 0.5) is 0 Å². The molecule has 100 valence electrons. The quantitative estimate of drug-likeness (QED) is 0.914. The summed E-state index contributed by atoms with van der Waals surface area (Å²) in [6.07, 6.45) is 7.97. The van der Waals surface area contributed by atoms with Crippen LogP contribution in [0, 0.1) is 12.8 Å². The summed E-state index contributed by atoms with van der Waals surface area (Å²) < 4.78 is 2.00. The fraction of sp³-hybridized carbons (Fsp3) is 0.438. The van der Waals surface area contributed by atoms with Crippen LogP contribution in [-0.4, -0.2) is 22.9 Å². The van der Waals surface area contributed by atoms with Gasteiger partial charge in [0.2, 0.25) is 0 Å². The van der Waals surface area contributed by atoms with E-state index in [1.807, 2.05) is 10.9 Å². The van der Waals surface area contributed by atoms with E-state index >= 15 is 0 Å². The van der Waals surface area contributed by atoms with Crippen molar-refractivity contribution in [3.8, 4) is 5.69 Å². The van der Waals surface area contributed by atoms with Gasteiger partial charge in [0.25, 0.3) is 0 Å². The molecule has 0 aliphatic carbocycles. The molecule has 0 spiro atoms. The second-order valence-electron chi connectivity index (χ2n) is 5.50. The Morgan fingerprint density at radius 1 is 1.37 bits per heavy atom. The number of rotatable bonds is 3. The van der Waals surface area contributed by atoms with Gasteiger partial charge in [0, 0.05) is 6.20 Å². The van der Waals surface area contributed by atoms with Gasteiger partial charge < -0.3 is 5.32 Å². The van der Waals surface area contributed by atoms with E-state index in [-0.39, 0.29) is 0 Å². The maximum Gasteiger partial charge on any atom is 0.0674 e. The molecule has 1 aromatic carbocycles. The topological polar surface area (TPSA) is 29.9 Å². The smallest absolute Gasteiger partial charge is 0.0674 e. The van der Waals surface area contributed by atoms with Crippen LogP contribution in [0.1, 0.15) is 24.0 Å². The average molecular weight is 255 g/mol. The molecule has 1 aliphatic heterocycles. The Labute approximate surface area is 114 Å². The van der Waals surface area contributed by atoms with Crippen molar-refractivity contribution < 1.29 is 0 Å². The molecule has 0 bridgehead atoms. The molecule has 1 fully saturated rings. The lowest BCUT2D eigenvalue weighted by Crippen LogP contribution is -2.30. The van der Waals surface area contributed by atoms with E-state index < -0.39 is 0 Å². The highest BCUT2D eigenvalue weighted by Gasteiger charge is 2.14. The molecule has 19 heavy (non-hydrogen) atoms. The molecule has 1 N–H and O–H groups in total. The maximum atomic E-state index is 4.51. The molecule has 2 heterocycles. The van der Waals surface area contributed by atoms with E-state index in [0.29, 0.717) is 0 Å². The molecular weight excluding hydrogens is 234 g/mol. The zero-order valence-corrected chi connectivity index (χ0v) is 11.5. The Kier molecular flexibility index (Phi) is 3.65. The molecule has 1 aromatic heterocycles. The predicted octanol–water partition coefficient (Wildman–Crippen LogP) is 2.72. The van der Waals surface area contributed by atoms with Gasteiger partial charge in [0.15, 0.2) is 0 Å². The molecule has 0 amide bonds. The molecule has 1 saturated heterocycles.